The minimum Gasteiger partial charge on any atom is -0.462 e. The van der Waals surface area contributed by atoms with Crippen LogP contribution in [0.2, 0.25) is 0 Å². The van der Waals surface area contributed by atoms with Gasteiger partial charge in [-0.05, 0) is 43.4 Å². The molecule has 0 amide bonds. The quantitative estimate of drug-likeness (QED) is 0.0222. The average Bonchev–Trinajstić information content (AvgIpc) is 3.56. The van der Waals surface area contributed by atoms with Crippen LogP contribution in [0.15, 0.2) is 0 Å². The van der Waals surface area contributed by atoms with Crippen molar-refractivity contribution in [2.45, 2.75) is 362 Å². The molecule has 522 valence electrons. The first-order valence-corrected chi connectivity index (χ1v) is 38.8. The predicted molar refractivity (Wildman–Crippen MR) is 354 cm³/mol. The molecule has 0 spiro atoms. The summed E-state index contributed by atoms with van der Waals surface area (Å²) >= 11 is 0. The van der Waals surface area contributed by atoms with Gasteiger partial charge in [0.05, 0.1) is 26.4 Å². The van der Waals surface area contributed by atoms with E-state index in [2.05, 4.69) is 48.5 Å². The van der Waals surface area contributed by atoms with Crippen LogP contribution in [0.5, 0.6) is 0 Å². The number of rotatable bonds is 67. The van der Waals surface area contributed by atoms with Crippen molar-refractivity contribution in [2.24, 2.45) is 17.8 Å². The van der Waals surface area contributed by atoms with Gasteiger partial charge < -0.3 is 33.8 Å². The molecule has 0 heterocycles. The molecular formula is C69H134O17P2. The van der Waals surface area contributed by atoms with Crippen molar-refractivity contribution in [1.29, 1.82) is 0 Å². The minimum atomic E-state index is -4.95. The van der Waals surface area contributed by atoms with E-state index in [4.69, 9.17) is 37.0 Å². The van der Waals surface area contributed by atoms with Crippen LogP contribution in [0.1, 0.15) is 344 Å². The second-order valence-electron chi connectivity index (χ2n) is 26.3. The van der Waals surface area contributed by atoms with Crippen molar-refractivity contribution >= 4 is 39.5 Å². The summed E-state index contributed by atoms with van der Waals surface area (Å²) in [5, 5.41) is 10.6. The highest BCUT2D eigenvalue weighted by Crippen LogP contribution is 2.45. The van der Waals surface area contributed by atoms with E-state index in [0.29, 0.717) is 31.6 Å². The lowest BCUT2D eigenvalue weighted by Gasteiger charge is -2.21. The van der Waals surface area contributed by atoms with Crippen molar-refractivity contribution in [3.63, 3.8) is 0 Å². The highest BCUT2D eigenvalue weighted by Gasteiger charge is 2.30. The summed E-state index contributed by atoms with van der Waals surface area (Å²) in [6.07, 6.45) is 43.4. The van der Waals surface area contributed by atoms with Crippen LogP contribution >= 0.6 is 15.6 Å². The summed E-state index contributed by atoms with van der Waals surface area (Å²) in [6, 6.07) is 0. The standard InChI is InChI=1S/C69H134O17P2/c1-8-9-10-11-26-36-43-50-66(71)79-56-64(86-69(74)53-46-39-32-25-29-35-42-49-62(6)7)58-83-87(75,76)81-54-63(70)55-82-88(77,78)84-59-65(57-80-67(72)51-44-37-30-24-20-22-28-34-41-48-61(4)5)85-68(73)52-45-38-31-23-19-17-15-13-12-14-16-18-21-27-33-40-47-60(2)3/h60-65,70H,8-59H2,1-7H3,(H,75,76)(H,77,78)/t63-,64+,65+/m0/s1. The van der Waals surface area contributed by atoms with Crippen molar-refractivity contribution < 1.29 is 80.2 Å². The van der Waals surface area contributed by atoms with Crippen molar-refractivity contribution in [2.75, 3.05) is 39.6 Å². The van der Waals surface area contributed by atoms with Crippen LogP contribution in [0.3, 0.4) is 0 Å². The maximum atomic E-state index is 13.0. The molecule has 0 bridgehead atoms. The molecule has 0 aliphatic heterocycles. The van der Waals surface area contributed by atoms with Crippen LogP contribution in [-0.2, 0) is 65.4 Å². The molecule has 0 aromatic carbocycles. The molecule has 2 unspecified atom stereocenters. The van der Waals surface area contributed by atoms with E-state index >= 15 is 0 Å². The molecular weight excluding hydrogens is 1160 g/mol. The predicted octanol–water partition coefficient (Wildman–Crippen LogP) is 19.5. The number of hydrogen-bond donors (Lipinski definition) is 3. The molecule has 0 saturated carbocycles. The molecule has 19 heteroatoms. The Morgan fingerprint density at radius 1 is 0.307 bits per heavy atom. The Morgan fingerprint density at radius 3 is 0.773 bits per heavy atom. The van der Waals surface area contributed by atoms with E-state index in [9.17, 15) is 43.2 Å². The van der Waals surface area contributed by atoms with Gasteiger partial charge in [0.15, 0.2) is 12.2 Å². The zero-order chi connectivity index (χ0) is 65.2. The first-order chi connectivity index (χ1) is 42.2. The lowest BCUT2D eigenvalue weighted by molar-refractivity contribution is -0.161. The fourth-order valence-electron chi connectivity index (χ4n) is 10.4. The monoisotopic (exact) mass is 1300 g/mol. The van der Waals surface area contributed by atoms with E-state index in [1.807, 2.05) is 0 Å². The van der Waals surface area contributed by atoms with Gasteiger partial charge in [0, 0.05) is 25.7 Å². The van der Waals surface area contributed by atoms with Gasteiger partial charge in [0.25, 0.3) is 0 Å². The largest absolute Gasteiger partial charge is 0.472 e. The smallest absolute Gasteiger partial charge is 0.462 e. The zero-order valence-electron chi connectivity index (χ0n) is 57.2. The molecule has 17 nitrogen and oxygen atoms in total. The van der Waals surface area contributed by atoms with Gasteiger partial charge in [0.1, 0.15) is 19.3 Å². The molecule has 0 saturated heterocycles. The maximum Gasteiger partial charge on any atom is 0.472 e. The van der Waals surface area contributed by atoms with Crippen LogP contribution in [-0.4, -0.2) is 96.7 Å². The number of carbonyl (C=O) groups is 4. The van der Waals surface area contributed by atoms with Gasteiger partial charge in [-0.15, -0.1) is 0 Å². The number of phosphoric acid groups is 2. The Morgan fingerprint density at radius 2 is 0.523 bits per heavy atom. The molecule has 0 radical (unpaired) electrons. The Balaban J connectivity index is 5.17. The highest BCUT2D eigenvalue weighted by molar-refractivity contribution is 7.47. The fourth-order valence-corrected chi connectivity index (χ4v) is 11.9. The second kappa shape index (κ2) is 60.0. The normalized spacial score (nSPS) is 14.2. The molecule has 88 heavy (non-hydrogen) atoms. The molecule has 0 aromatic rings. The topological polar surface area (TPSA) is 237 Å². The summed E-state index contributed by atoms with van der Waals surface area (Å²) in [5.41, 5.74) is 0. The van der Waals surface area contributed by atoms with E-state index in [0.717, 1.165) is 115 Å². The highest BCUT2D eigenvalue weighted by atomic mass is 31.2. The third-order valence-electron chi connectivity index (χ3n) is 15.9. The molecule has 0 fully saturated rings. The van der Waals surface area contributed by atoms with E-state index in [1.54, 1.807) is 0 Å². The second-order valence-corrected chi connectivity index (χ2v) is 29.3. The lowest BCUT2D eigenvalue weighted by atomic mass is 10.0. The Kier molecular flexibility index (Phi) is 58.7. The maximum absolute atomic E-state index is 13.0. The minimum absolute atomic E-state index is 0.103. The van der Waals surface area contributed by atoms with Crippen molar-refractivity contribution in [1.82, 2.24) is 0 Å². The SMILES string of the molecule is CCCCCCCCCC(=O)OC[C@H](COP(=O)(O)OC[C@H](O)COP(=O)(O)OC[C@@H](COC(=O)CCCCCCCCCCCC(C)C)OC(=O)CCCCCCCCCCCCCCCCCCC(C)C)OC(=O)CCCCCCCCCC(C)C. The first-order valence-electron chi connectivity index (χ1n) is 35.8. The molecule has 3 N–H and O–H groups in total. The van der Waals surface area contributed by atoms with Crippen LogP contribution in [0, 0.1) is 17.8 Å². The van der Waals surface area contributed by atoms with Crippen LogP contribution in [0.4, 0.5) is 0 Å². The van der Waals surface area contributed by atoms with E-state index in [-0.39, 0.29) is 25.7 Å². The number of phosphoric ester groups is 2. The summed E-state index contributed by atoms with van der Waals surface area (Å²) in [5.74, 6) is 0.114. The summed E-state index contributed by atoms with van der Waals surface area (Å²) in [7, 11) is -9.89. The Hall–Kier alpha value is -1.94. The van der Waals surface area contributed by atoms with E-state index in [1.165, 1.54) is 141 Å². The van der Waals surface area contributed by atoms with Crippen LogP contribution in [0.25, 0.3) is 0 Å². The van der Waals surface area contributed by atoms with Gasteiger partial charge in [-0.1, -0.05) is 292 Å². The lowest BCUT2D eigenvalue weighted by Crippen LogP contribution is -2.30. The number of esters is 4. The number of carbonyl (C=O) groups excluding carboxylic acids is 4. The summed E-state index contributed by atoms with van der Waals surface area (Å²) in [6.45, 7) is 11.7. The van der Waals surface area contributed by atoms with Gasteiger partial charge in [-0.3, -0.25) is 37.3 Å². The Labute approximate surface area is 537 Å². The molecule has 0 aliphatic rings. The number of aliphatic hydroxyl groups excluding tert-OH is 1. The average molecular weight is 1300 g/mol. The van der Waals surface area contributed by atoms with Crippen molar-refractivity contribution in [3.05, 3.63) is 0 Å². The number of ether oxygens (including phenoxy) is 4. The fraction of sp³-hybridized carbons (Fsp3) is 0.942. The zero-order valence-corrected chi connectivity index (χ0v) is 59.0. The van der Waals surface area contributed by atoms with Crippen molar-refractivity contribution in [3.8, 4) is 0 Å². The first kappa shape index (κ1) is 86.1. The summed E-state index contributed by atoms with van der Waals surface area (Å²) in [4.78, 5) is 72.3. The van der Waals surface area contributed by atoms with Gasteiger partial charge in [0.2, 0.25) is 0 Å². The van der Waals surface area contributed by atoms with Gasteiger partial charge in [-0.25, -0.2) is 9.13 Å². The number of unbranched alkanes of at least 4 members (excludes halogenated alkanes) is 35. The van der Waals surface area contributed by atoms with E-state index < -0.39 is 97.5 Å². The third kappa shape index (κ3) is 62.8. The number of aliphatic hydroxyl groups is 1. The number of hydrogen-bond acceptors (Lipinski definition) is 15. The third-order valence-corrected chi connectivity index (χ3v) is 17.8. The summed E-state index contributed by atoms with van der Waals surface area (Å²) < 4.78 is 68.1. The van der Waals surface area contributed by atoms with Gasteiger partial charge in [-0.2, -0.15) is 0 Å². The molecule has 0 aliphatic carbocycles. The molecule has 0 rings (SSSR count). The Bertz CT molecular complexity index is 1730. The molecule has 5 atom stereocenters. The van der Waals surface area contributed by atoms with Gasteiger partial charge >= 0.3 is 39.5 Å². The van der Waals surface area contributed by atoms with Crippen LogP contribution < -0.4 is 0 Å². The molecule has 0 aromatic heterocycles.